The molecule has 1 aliphatic carbocycles. The van der Waals surface area contributed by atoms with Crippen LogP contribution in [0.2, 0.25) is 5.02 Å². The number of alkyl halides is 2. The summed E-state index contributed by atoms with van der Waals surface area (Å²) in [7, 11) is 0. The lowest BCUT2D eigenvalue weighted by Crippen LogP contribution is -2.37. The number of nitrogens with two attached hydrogens (primary N) is 1. The normalized spacial score (nSPS) is 15.8. The number of carbonyl (C=O) groups is 1. The van der Waals surface area contributed by atoms with Gasteiger partial charge in [-0.3, -0.25) is 4.79 Å². The molecule has 32 heavy (non-hydrogen) atoms. The molecule has 1 fully saturated rings. The molecule has 0 spiro atoms. The van der Waals surface area contributed by atoms with Gasteiger partial charge in [-0.15, -0.1) is 0 Å². The molecule has 11 heteroatoms. The number of rotatable bonds is 5. The minimum absolute atomic E-state index is 0.0735. The highest BCUT2D eigenvalue weighted by Gasteiger charge is 2.45. The summed E-state index contributed by atoms with van der Waals surface area (Å²) < 4.78 is 43.5. The van der Waals surface area contributed by atoms with E-state index in [0.29, 0.717) is 34.8 Å². The minimum atomic E-state index is -2.65. The number of halogens is 4. The molecule has 1 saturated carbocycles. The first-order valence-electron chi connectivity index (χ1n) is 9.75. The van der Waals surface area contributed by atoms with Crippen molar-refractivity contribution in [1.29, 1.82) is 0 Å². The summed E-state index contributed by atoms with van der Waals surface area (Å²) in [6, 6.07) is 7.54. The number of imidazole rings is 2. The van der Waals surface area contributed by atoms with E-state index in [9.17, 15) is 18.0 Å². The molecule has 0 atom stereocenters. The number of benzene rings is 1. The summed E-state index contributed by atoms with van der Waals surface area (Å²) in [5, 5.41) is 4.43. The summed E-state index contributed by atoms with van der Waals surface area (Å²) >= 11 is 5.96. The summed E-state index contributed by atoms with van der Waals surface area (Å²) in [5.41, 5.74) is 7.84. The van der Waals surface area contributed by atoms with Crippen LogP contribution < -0.4 is 5.73 Å². The maximum Gasteiger partial charge on any atom is 0.269 e. The predicted octanol–water partition coefficient (Wildman–Crippen LogP) is 4.20. The van der Waals surface area contributed by atoms with Crippen molar-refractivity contribution in [3.05, 3.63) is 59.4 Å². The van der Waals surface area contributed by atoms with Crippen LogP contribution in [0.3, 0.4) is 0 Å². The average Bonchev–Trinajstić information content (AvgIpc) is 3.32. The van der Waals surface area contributed by atoms with Crippen molar-refractivity contribution in [1.82, 2.24) is 24.1 Å². The molecule has 0 aliphatic heterocycles. The SMILES string of the molecule is NC(=O)c1cnc2ccc(-c3c(-c4ccc(F)c(Cl)c4)ncn3CC3CC(F)(F)C3)nn12. The fraction of sp³-hybridized carbons (Fsp3) is 0.238. The second-order valence-corrected chi connectivity index (χ2v) is 8.26. The van der Waals surface area contributed by atoms with Crippen LogP contribution in [0.5, 0.6) is 0 Å². The second kappa shape index (κ2) is 7.33. The Kier molecular flexibility index (Phi) is 4.70. The molecular formula is C21H16ClF3N6O. The van der Waals surface area contributed by atoms with Gasteiger partial charge in [0.05, 0.1) is 28.9 Å². The first-order valence-corrected chi connectivity index (χ1v) is 10.1. The first-order chi connectivity index (χ1) is 15.2. The lowest BCUT2D eigenvalue weighted by atomic mass is 9.81. The number of aromatic nitrogens is 5. The summed E-state index contributed by atoms with van der Waals surface area (Å²) in [6.07, 6.45) is 2.44. The van der Waals surface area contributed by atoms with Crippen molar-refractivity contribution in [3.8, 4) is 22.6 Å². The van der Waals surface area contributed by atoms with Gasteiger partial charge in [-0.1, -0.05) is 11.6 Å². The third-order valence-corrected chi connectivity index (χ3v) is 5.81. The van der Waals surface area contributed by atoms with E-state index in [1.54, 1.807) is 16.7 Å². The van der Waals surface area contributed by atoms with Crippen LogP contribution in [0.1, 0.15) is 23.3 Å². The molecule has 0 bridgehead atoms. The van der Waals surface area contributed by atoms with Crippen molar-refractivity contribution in [2.24, 2.45) is 11.7 Å². The van der Waals surface area contributed by atoms with Crippen LogP contribution in [0, 0.1) is 11.7 Å². The number of carbonyl (C=O) groups excluding carboxylic acids is 1. The van der Waals surface area contributed by atoms with Crippen molar-refractivity contribution in [3.63, 3.8) is 0 Å². The van der Waals surface area contributed by atoms with Crippen LogP contribution in [-0.2, 0) is 6.54 Å². The topological polar surface area (TPSA) is 91.1 Å². The van der Waals surface area contributed by atoms with Gasteiger partial charge in [-0.05, 0) is 36.2 Å². The fourth-order valence-corrected chi connectivity index (χ4v) is 4.18. The van der Waals surface area contributed by atoms with Crippen LogP contribution in [0.4, 0.5) is 13.2 Å². The summed E-state index contributed by atoms with van der Waals surface area (Å²) in [6.45, 7) is 0.305. The number of amides is 1. The zero-order valence-corrected chi connectivity index (χ0v) is 17.2. The number of fused-ring (bicyclic) bond motifs is 1. The predicted molar refractivity (Wildman–Crippen MR) is 111 cm³/mol. The molecule has 3 aromatic heterocycles. The van der Waals surface area contributed by atoms with E-state index < -0.39 is 17.6 Å². The lowest BCUT2D eigenvalue weighted by molar-refractivity contribution is -0.113. The van der Waals surface area contributed by atoms with Gasteiger partial charge in [0, 0.05) is 24.9 Å². The van der Waals surface area contributed by atoms with Crippen molar-refractivity contribution < 1.29 is 18.0 Å². The van der Waals surface area contributed by atoms with E-state index in [-0.39, 0.29) is 29.5 Å². The Morgan fingerprint density at radius 3 is 2.69 bits per heavy atom. The van der Waals surface area contributed by atoms with Gasteiger partial charge in [0.15, 0.2) is 5.65 Å². The van der Waals surface area contributed by atoms with Crippen molar-refractivity contribution in [2.45, 2.75) is 25.3 Å². The van der Waals surface area contributed by atoms with Gasteiger partial charge in [-0.2, -0.15) is 5.10 Å². The maximum atomic E-state index is 13.7. The second-order valence-electron chi connectivity index (χ2n) is 7.85. The standard InChI is InChI=1S/C21H16ClF3N6O/c22-13-5-12(1-2-14(13)23)18-19(30(10-28-18)9-11-6-21(24,25)7-11)15-3-4-17-27-8-16(20(26)32)31(17)29-15/h1-5,8,10-11H,6-7,9H2,(H2,26,32). The molecule has 0 radical (unpaired) electrons. The average molecular weight is 461 g/mol. The number of hydrogen-bond acceptors (Lipinski definition) is 4. The quantitative estimate of drug-likeness (QED) is 0.483. The van der Waals surface area contributed by atoms with Crippen LogP contribution in [-0.4, -0.2) is 36.0 Å². The first kappa shape index (κ1) is 20.5. The van der Waals surface area contributed by atoms with E-state index in [1.165, 1.54) is 35.2 Å². The zero-order chi connectivity index (χ0) is 22.6. The summed E-state index contributed by atoms with van der Waals surface area (Å²) in [5.74, 6) is -4.14. The molecule has 0 unspecified atom stereocenters. The Bertz CT molecular complexity index is 1360. The molecule has 0 saturated heterocycles. The highest BCUT2D eigenvalue weighted by molar-refractivity contribution is 6.31. The molecule has 7 nitrogen and oxygen atoms in total. The highest BCUT2D eigenvalue weighted by Crippen LogP contribution is 2.44. The van der Waals surface area contributed by atoms with Crippen molar-refractivity contribution >= 4 is 23.2 Å². The minimum Gasteiger partial charge on any atom is -0.364 e. The summed E-state index contributed by atoms with van der Waals surface area (Å²) in [4.78, 5) is 20.3. The van der Waals surface area contributed by atoms with Gasteiger partial charge in [0.25, 0.3) is 5.91 Å². The third-order valence-electron chi connectivity index (χ3n) is 5.52. The molecule has 5 rings (SSSR count). The van der Waals surface area contributed by atoms with E-state index in [0.717, 1.165) is 0 Å². The molecule has 1 aliphatic rings. The molecule has 2 N–H and O–H groups in total. The molecule has 1 amide bonds. The Morgan fingerprint density at radius 1 is 1.22 bits per heavy atom. The van der Waals surface area contributed by atoms with E-state index in [4.69, 9.17) is 17.3 Å². The molecule has 3 heterocycles. The van der Waals surface area contributed by atoms with Crippen LogP contribution in [0.15, 0.2) is 42.9 Å². The monoisotopic (exact) mass is 460 g/mol. The van der Waals surface area contributed by atoms with Gasteiger partial charge in [-0.25, -0.2) is 27.7 Å². The molecular weight excluding hydrogens is 445 g/mol. The smallest absolute Gasteiger partial charge is 0.269 e. The van der Waals surface area contributed by atoms with Crippen molar-refractivity contribution in [2.75, 3.05) is 0 Å². The lowest BCUT2D eigenvalue weighted by Gasteiger charge is -2.35. The Morgan fingerprint density at radius 2 is 2.00 bits per heavy atom. The largest absolute Gasteiger partial charge is 0.364 e. The fourth-order valence-electron chi connectivity index (χ4n) is 4.00. The molecule has 4 aromatic rings. The van der Waals surface area contributed by atoms with E-state index >= 15 is 0 Å². The van der Waals surface area contributed by atoms with Crippen LogP contribution >= 0.6 is 11.6 Å². The Hall–Kier alpha value is -3.40. The number of nitrogens with zero attached hydrogens (tertiary/aromatic N) is 5. The van der Waals surface area contributed by atoms with E-state index in [1.807, 2.05) is 0 Å². The number of primary amides is 1. The number of hydrogen-bond donors (Lipinski definition) is 1. The molecule has 164 valence electrons. The van der Waals surface area contributed by atoms with Gasteiger partial charge in [0.2, 0.25) is 5.92 Å². The third kappa shape index (κ3) is 3.50. The Balaban J connectivity index is 1.65. The van der Waals surface area contributed by atoms with Crippen LogP contribution in [0.25, 0.3) is 28.3 Å². The van der Waals surface area contributed by atoms with E-state index in [2.05, 4.69) is 15.1 Å². The van der Waals surface area contributed by atoms with Gasteiger partial charge in [0.1, 0.15) is 17.2 Å². The molecule has 1 aromatic carbocycles. The van der Waals surface area contributed by atoms with Gasteiger partial charge >= 0.3 is 0 Å². The Labute approximate surface area is 184 Å². The highest BCUT2D eigenvalue weighted by atomic mass is 35.5. The zero-order valence-electron chi connectivity index (χ0n) is 16.5. The van der Waals surface area contributed by atoms with Gasteiger partial charge < -0.3 is 10.3 Å². The maximum absolute atomic E-state index is 13.7.